The highest BCUT2D eigenvalue weighted by Crippen LogP contribution is 2.25. The van der Waals surface area contributed by atoms with Crippen LogP contribution in [0.5, 0.6) is 5.75 Å². The second kappa shape index (κ2) is 4.42. The number of hydrogen-bond acceptors (Lipinski definition) is 4. The molecule has 1 N–H and O–H groups in total. The van der Waals surface area contributed by atoms with Crippen LogP contribution in [0.25, 0.3) is 0 Å². The maximum Gasteiger partial charge on any atom is 0.310 e. The molecule has 0 aliphatic carbocycles. The number of nitro groups is 1. The van der Waals surface area contributed by atoms with Crippen molar-refractivity contribution in [3.8, 4) is 5.75 Å². The summed E-state index contributed by atoms with van der Waals surface area (Å²) < 4.78 is 4.96. The quantitative estimate of drug-likeness (QED) is 0.557. The summed E-state index contributed by atoms with van der Waals surface area (Å²) in [5.74, 6) is 0.182. The van der Waals surface area contributed by atoms with Gasteiger partial charge in [0.15, 0.2) is 5.75 Å². The average molecular weight is 183 g/mol. The van der Waals surface area contributed by atoms with Crippen LogP contribution in [0.2, 0.25) is 0 Å². The highest BCUT2D eigenvalue weighted by atomic mass is 16.6. The zero-order chi connectivity index (χ0) is 9.68. The highest BCUT2D eigenvalue weighted by Gasteiger charge is 2.12. The Morgan fingerprint density at radius 3 is 2.77 bits per heavy atom. The van der Waals surface area contributed by atoms with Crippen molar-refractivity contribution < 1.29 is 14.8 Å². The summed E-state index contributed by atoms with van der Waals surface area (Å²) in [6.07, 6.45) is 0. The molecule has 0 heterocycles. The van der Waals surface area contributed by atoms with E-state index in [0.717, 1.165) is 0 Å². The van der Waals surface area contributed by atoms with Gasteiger partial charge in [0, 0.05) is 6.07 Å². The molecule has 0 radical (unpaired) electrons. The van der Waals surface area contributed by atoms with E-state index >= 15 is 0 Å². The third-order valence-corrected chi connectivity index (χ3v) is 1.41. The van der Waals surface area contributed by atoms with E-state index in [1.165, 1.54) is 12.1 Å². The molecular formula is C8H9NO4. The first-order valence-electron chi connectivity index (χ1n) is 3.73. The van der Waals surface area contributed by atoms with Crippen molar-refractivity contribution in [2.75, 3.05) is 13.2 Å². The van der Waals surface area contributed by atoms with Crippen LogP contribution in [0.15, 0.2) is 24.3 Å². The number of ether oxygens (including phenoxy) is 1. The van der Waals surface area contributed by atoms with Crippen molar-refractivity contribution in [2.45, 2.75) is 0 Å². The number of benzene rings is 1. The zero-order valence-corrected chi connectivity index (χ0v) is 6.84. The highest BCUT2D eigenvalue weighted by molar-refractivity contribution is 5.45. The Morgan fingerprint density at radius 2 is 2.15 bits per heavy atom. The molecule has 1 aromatic carbocycles. The Kier molecular flexibility index (Phi) is 3.22. The van der Waals surface area contributed by atoms with E-state index in [9.17, 15) is 10.1 Å². The smallest absolute Gasteiger partial charge is 0.310 e. The Bertz CT molecular complexity index is 300. The lowest BCUT2D eigenvalue weighted by Crippen LogP contribution is -2.03. The Balaban J connectivity index is 2.84. The molecule has 5 heteroatoms. The van der Waals surface area contributed by atoms with E-state index < -0.39 is 4.92 Å². The van der Waals surface area contributed by atoms with Gasteiger partial charge in [-0.3, -0.25) is 10.1 Å². The predicted molar refractivity (Wildman–Crippen MR) is 45.7 cm³/mol. The van der Waals surface area contributed by atoms with E-state index in [4.69, 9.17) is 9.84 Å². The first-order chi connectivity index (χ1) is 6.25. The maximum atomic E-state index is 10.4. The predicted octanol–water partition coefficient (Wildman–Crippen LogP) is 0.966. The SMILES string of the molecule is O=[N+]([O-])c1ccccc1OCCO. The van der Waals surface area contributed by atoms with E-state index in [0.29, 0.717) is 0 Å². The van der Waals surface area contributed by atoms with Gasteiger partial charge in [-0.05, 0) is 6.07 Å². The molecule has 0 aliphatic rings. The molecule has 0 saturated carbocycles. The molecule has 0 unspecified atom stereocenters. The molecule has 1 rings (SSSR count). The molecule has 0 aromatic heterocycles. The lowest BCUT2D eigenvalue weighted by Gasteiger charge is -2.03. The summed E-state index contributed by atoms with van der Waals surface area (Å²) in [5, 5.41) is 18.9. The number of aliphatic hydroxyl groups is 1. The van der Waals surface area contributed by atoms with Gasteiger partial charge < -0.3 is 9.84 Å². The zero-order valence-electron chi connectivity index (χ0n) is 6.84. The van der Waals surface area contributed by atoms with Crippen LogP contribution in [-0.2, 0) is 0 Å². The van der Waals surface area contributed by atoms with E-state index in [2.05, 4.69) is 0 Å². The van der Waals surface area contributed by atoms with Crippen LogP contribution in [0.3, 0.4) is 0 Å². The molecule has 0 bridgehead atoms. The Labute approximate surface area is 74.7 Å². The van der Waals surface area contributed by atoms with Gasteiger partial charge in [-0.1, -0.05) is 12.1 Å². The van der Waals surface area contributed by atoms with Crippen LogP contribution in [0.4, 0.5) is 5.69 Å². The van der Waals surface area contributed by atoms with Gasteiger partial charge in [0.1, 0.15) is 6.61 Å². The first-order valence-corrected chi connectivity index (χ1v) is 3.73. The molecule has 0 spiro atoms. The normalized spacial score (nSPS) is 9.62. The van der Waals surface area contributed by atoms with Crippen molar-refractivity contribution >= 4 is 5.69 Å². The Hall–Kier alpha value is -1.62. The average Bonchev–Trinajstić information content (AvgIpc) is 2.15. The minimum Gasteiger partial charge on any atom is -0.484 e. The van der Waals surface area contributed by atoms with Gasteiger partial charge in [0.05, 0.1) is 11.5 Å². The summed E-state index contributed by atoms with van der Waals surface area (Å²) in [7, 11) is 0. The van der Waals surface area contributed by atoms with Gasteiger partial charge in [-0.2, -0.15) is 0 Å². The fourth-order valence-corrected chi connectivity index (χ4v) is 0.886. The Morgan fingerprint density at radius 1 is 1.46 bits per heavy atom. The molecule has 0 saturated heterocycles. The molecular weight excluding hydrogens is 174 g/mol. The van der Waals surface area contributed by atoms with Crippen molar-refractivity contribution in [1.29, 1.82) is 0 Å². The van der Waals surface area contributed by atoms with E-state index in [1.54, 1.807) is 12.1 Å². The number of rotatable bonds is 4. The number of hydrogen-bond donors (Lipinski definition) is 1. The van der Waals surface area contributed by atoms with Crippen molar-refractivity contribution in [3.63, 3.8) is 0 Å². The van der Waals surface area contributed by atoms with Gasteiger partial charge >= 0.3 is 5.69 Å². The molecule has 5 nitrogen and oxygen atoms in total. The second-order valence-electron chi connectivity index (χ2n) is 2.30. The molecule has 70 valence electrons. The van der Waals surface area contributed by atoms with Gasteiger partial charge in [0.25, 0.3) is 0 Å². The van der Waals surface area contributed by atoms with Gasteiger partial charge in [0.2, 0.25) is 0 Å². The van der Waals surface area contributed by atoms with Crippen molar-refractivity contribution in [1.82, 2.24) is 0 Å². The second-order valence-corrected chi connectivity index (χ2v) is 2.30. The number of para-hydroxylation sites is 2. The monoisotopic (exact) mass is 183 g/mol. The molecule has 0 amide bonds. The summed E-state index contributed by atoms with van der Waals surface area (Å²) >= 11 is 0. The number of nitro benzene ring substituents is 1. The number of nitrogens with zero attached hydrogens (tertiary/aromatic N) is 1. The summed E-state index contributed by atoms with van der Waals surface area (Å²) in [6, 6.07) is 6.05. The first kappa shape index (κ1) is 9.47. The molecule has 0 atom stereocenters. The topological polar surface area (TPSA) is 72.6 Å². The minimum atomic E-state index is -0.521. The van der Waals surface area contributed by atoms with Crippen LogP contribution in [0.1, 0.15) is 0 Å². The molecule has 13 heavy (non-hydrogen) atoms. The molecule has 0 aliphatic heterocycles. The van der Waals surface area contributed by atoms with Crippen LogP contribution in [0, 0.1) is 10.1 Å². The summed E-state index contributed by atoms with van der Waals surface area (Å²) in [5.41, 5.74) is -0.0871. The van der Waals surface area contributed by atoms with Crippen LogP contribution in [-0.4, -0.2) is 23.2 Å². The third kappa shape index (κ3) is 2.41. The lowest BCUT2D eigenvalue weighted by atomic mass is 10.3. The van der Waals surface area contributed by atoms with Crippen molar-refractivity contribution in [3.05, 3.63) is 34.4 Å². The van der Waals surface area contributed by atoms with Crippen molar-refractivity contribution in [2.24, 2.45) is 0 Å². The van der Waals surface area contributed by atoms with Crippen LogP contribution >= 0.6 is 0 Å². The summed E-state index contributed by atoms with van der Waals surface area (Å²) in [4.78, 5) is 9.93. The van der Waals surface area contributed by atoms with Crippen LogP contribution < -0.4 is 4.74 Å². The van der Waals surface area contributed by atoms with E-state index in [1.807, 2.05) is 0 Å². The maximum absolute atomic E-state index is 10.4. The van der Waals surface area contributed by atoms with Gasteiger partial charge in [-0.15, -0.1) is 0 Å². The largest absolute Gasteiger partial charge is 0.484 e. The third-order valence-electron chi connectivity index (χ3n) is 1.41. The standard InChI is InChI=1S/C8H9NO4/c10-5-6-13-8-4-2-1-3-7(8)9(11)12/h1-4,10H,5-6H2. The fraction of sp³-hybridized carbons (Fsp3) is 0.250. The van der Waals surface area contributed by atoms with Gasteiger partial charge in [-0.25, -0.2) is 0 Å². The minimum absolute atomic E-state index is 0.0604. The van der Waals surface area contributed by atoms with E-state index in [-0.39, 0.29) is 24.7 Å². The number of aliphatic hydroxyl groups excluding tert-OH is 1. The lowest BCUT2D eigenvalue weighted by molar-refractivity contribution is -0.385. The fourth-order valence-electron chi connectivity index (χ4n) is 0.886. The molecule has 1 aromatic rings. The molecule has 0 fully saturated rings. The summed E-state index contributed by atoms with van der Waals surface area (Å²) in [6.45, 7) is -0.100.